The molecule has 2 rings (SSSR count). The second kappa shape index (κ2) is 3.21. The average Bonchev–Trinajstić information content (AvgIpc) is 2.75. The van der Waals surface area contributed by atoms with E-state index in [1.165, 1.54) is 6.20 Å². The minimum Gasteiger partial charge on any atom is -0.304 e. The Bertz CT molecular complexity index is 356. The zero-order chi connectivity index (χ0) is 11.1. The van der Waals surface area contributed by atoms with Gasteiger partial charge in [0.2, 0.25) is 0 Å². The molecule has 0 bridgehead atoms. The molecule has 1 fully saturated rings. The molecule has 0 unspecified atom stereocenters. The fraction of sp³-hybridized carbons (Fsp3) is 0.625. The molecule has 1 aliphatic carbocycles. The topological polar surface area (TPSA) is 63.9 Å². The largest absolute Gasteiger partial charge is 0.433 e. The third kappa shape index (κ3) is 1.72. The molecule has 0 atom stereocenters. The van der Waals surface area contributed by atoms with Gasteiger partial charge >= 0.3 is 6.18 Å². The number of nitrogens with one attached hydrogen (secondary N) is 1. The van der Waals surface area contributed by atoms with Gasteiger partial charge in [-0.25, -0.2) is 5.90 Å². The fourth-order valence-electron chi connectivity index (χ4n) is 1.71. The van der Waals surface area contributed by atoms with Gasteiger partial charge in [-0.05, 0) is 12.8 Å². The molecular formula is C8H10F3N3O. The summed E-state index contributed by atoms with van der Waals surface area (Å²) in [6.07, 6.45) is -1.91. The van der Waals surface area contributed by atoms with E-state index in [9.17, 15) is 13.2 Å². The van der Waals surface area contributed by atoms with Crippen molar-refractivity contribution in [2.24, 2.45) is 5.90 Å². The van der Waals surface area contributed by atoms with Crippen LogP contribution in [0.3, 0.4) is 0 Å². The Balaban J connectivity index is 2.33. The predicted octanol–water partition coefficient (Wildman–Crippen LogP) is 1.35. The minimum atomic E-state index is -4.41. The Kier molecular flexibility index (Phi) is 2.23. The molecule has 1 saturated carbocycles. The second-order valence-electron chi connectivity index (χ2n) is 3.75. The van der Waals surface area contributed by atoms with Crippen molar-refractivity contribution < 1.29 is 18.0 Å². The summed E-state index contributed by atoms with van der Waals surface area (Å²) in [6.45, 7) is 0.0929. The minimum absolute atomic E-state index is 0.0929. The van der Waals surface area contributed by atoms with Crippen molar-refractivity contribution in [2.75, 3.05) is 6.61 Å². The molecule has 1 aliphatic rings. The van der Waals surface area contributed by atoms with Crippen LogP contribution in [-0.4, -0.2) is 16.8 Å². The van der Waals surface area contributed by atoms with Gasteiger partial charge in [-0.2, -0.15) is 18.3 Å². The fourth-order valence-corrected chi connectivity index (χ4v) is 1.71. The molecule has 1 aromatic heterocycles. The number of aromatic amines is 1. The quantitative estimate of drug-likeness (QED) is 0.757. The summed E-state index contributed by atoms with van der Waals surface area (Å²) in [7, 11) is 0. The smallest absolute Gasteiger partial charge is 0.304 e. The third-order valence-corrected chi connectivity index (χ3v) is 2.71. The van der Waals surface area contributed by atoms with Crippen molar-refractivity contribution in [1.82, 2.24) is 10.2 Å². The van der Waals surface area contributed by atoms with Gasteiger partial charge in [0.25, 0.3) is 0 Å². The number of nitrogens with two attached hydrogens (primary N) is 1. The highest BCUT2D eigenvalue weighted by molar-refractivity contribution is 5.34. The number of nitrogens with zero attached hydrogens (tertiary/aromatic N) is 1. The van der Waals surface area contributed by atoms with Crippen LogP contribution in [0.25, 0.3) is 0 Å². The standard InChI is InChI=1S/C8H10F3N3O/c9-8(10,11)6-5(3-13-14-6)7(1-2-7)4-15-12/h3H,1-2,4,12H2,(H,13,14). The molecule has 1 heterocycles. The molecule has 0 radical (unpaired) electrons. The molecule has 7 heteroatoms. The molecule has 15 heavy (non-hydrogen) atoms. The lowest BCUT2D eigenvalue weighted by molar-refractivity contribution is -0.142. The summed E-state index contributed by atoms with van der Waals surface area (Å²) < 4.78 is 37.6. The first-order chi connectivity index (χ1) is 6.99. The molecule has 0 aliphatic heterocycles. The third-order valence-electron chi connectivity index (χ3n) is 2.71. The van der Waals surface area contributed by atoms with Crippen LogP contribution in [0.1, 0.15) is 24.1 Å². The Labute approximate surface area is 83.6 Å². The van der Waals surface area contributed by atoms with Gasteiger partial charge in [-0.15, -0.1) is 0 Å². The predicted molar refractivity (Wildman–Crippen MR) is 44.6 cm³/mol. The first-order valence-corrected chi connectivity index (χ1v) is 4.42. The number of H-pyrrole nitrogens is 1. The van der Waals surface area contributed by atoms with Crippen LogP contribution in [0.2, 0.25) is 0 Å². The summed E-state index contributed by atoms with van der Waals surface area (Å²) >= 11 is 0. The van der Waals surface area contributed by atoms with Crippen molar-refractivity contribution >= 4 is 0 Å². The highest BCUT2D eigenvalue weighted by Gasteiger charge is 2.51. The van der Waals surface area contributed by atoms with E-state index >= 15 is 0 Å². The molecule has 4 nitrogen and oxygen atoms in total. The molecule has 0 saturated heterocycles. The zero-order valence-corrected chi connectivity index (χ0v) is 7.77. The summed E-state index contributed by atoms with van der Waals surface area (Å²) in [5.74, 6) is 4.91. The molecule has 0 aromatic carbocycles. The van der Waals surface area contributed by atoms with E-state index in [0.717, 1.165) is 0 Å². The van der Waals surface area contributed by atoms with Crippen molar-refractivity contribution in [3.05, 3.63) is 17.5 Å². The number of rotatable bonds is 3. The lowest BCUT2D eigenvalue weighted by Crippen LogP contribution is -2.21. The van der Waals surface area contributed by atoms with Crippen LogP contribution < -0.4 is 5.90 Å². The van der Waals surface area contributed by atoms with Gasteiger partial charge in [0.05, 0.1) is 12.8 Å². The molecule has 0 amide bonds. The number of halogens is 3. The van der Waals surface area contributed by atoms with Gasteiger partial charge in [-0.1, -0.05) is 0 Å². The SMILES string of the molecule is NOCC1(c2cn[nH]c2C(F)(F)F)CC1. The molecule has 3 N–H and O–H groups in total. The lowest BCUT2D eigenvalue weighted by Gasteiger charge is -2.14. The number of aromatic nitrogens is 2. The van der Waals surface area contributed by atoms with Crippen LogP contribution in [0.4, 0.5) is 13.2 Å². The van der Waals surface area contributed by atoms with E-state index in [-0.39, 0.29) is 12.2 Å². The number of hydrogen-bond acceptors (Lipinski definition) is 3. The van der Waals surface area contributed by atoms with Gasteiger partial charge in [-0.3, -0.25) is 5.10 Å². The maximum Gasteiger partial charge on any atom is 0.433 e. The maximum absolute atomic E-state index is 12.5. The van der Waals surface area contributed by atoms with E-state index < -0.39 is 17.3 Å². The summed E-state index contributed by atoms with van der Waals surface area (Å²) in [5, 5.41) is 5.41. The van der Waals surface area contributed by atoms with Crippen molar-refractivity contribution in [3.8, 4) is 0 Å². The van der Waals surface area contributed by atoms with Gasteiger partial charge < -0.3 is 4.84 Å². The van der Waals surface area contributed by atoms with Crippen LogP contribution in [0.15, 0.2) is 6.20 Å². The Hall–Kier alpha value is -1.08. The molecule has 0 spiro atoms. The number of alkyl halides is 3. The Morgan fingerprint density at radius 1 is 1.53 bits per heavy atom. The highest BCUT2D eigenvalue weighted by Crippen LogP contribution is 2.51. The Morgan fingerprint density at radius 3 is 2.67 bits per heavy atom. The van der Waals surface area contributed by atoms with Crippen LogP contribution in [0.5, 0.6) is 0 Å². The van der Waals surface area contributed by atoms with Gasteiger partial charge in [0.15, 0.2) is 0 Å². The molecule has 84 valence electrons. The first kappa shape index (κ1) is 10.4. The van der Waals surface area contributed by atoms with E-state index in [4.69, 9.17) is 5.90 Å². The van der Waals surface area contributed by atoms with E-state index in [0.29, 0.717) is 12.8 Å². The van der Waals surface area contributed by atoms with Crippen molar-refractivity contribution in [2.45, 2.75) is 24.4 Å². The second-order valence-corrected chi connectivity index (χ2v) is 3.75. The molecule has 1 aromatic rings. The maximum atomic E-state index is 12.5. The van der Waals surface area contributed by atoms with Gasteiger partial charge in [0, 0.05) is 11.0 Å². The van der Waals surface area contributed by atoms with Crippen LogP contribution >= 0.6 is 0 Å². The first-order valence-electron chi connectivity index (χ1n) is 4.42. The number of hydrogen-bond donors (Lipinski definition) is 2. The average molecular weight is 221 g/mol. The summed E-state index contributed by atoms with van der Waals surface area (Å²) in [5.41, 5.74) is -1.23. The van der Waals surface area contributed by atoms with Crippen LogP contribution in [-0.2, 0) is 16.4 Å². The highest BCUT2D eigenvalue weighted by atomic mass is 19.4. The van der Waals surface area contributed by atoms with Crippen molar-refractivity contribution in [3.63, 3.8) is 0 Å². The summed E-state index contributed by atoms with van der Waals surface area (Å²) in [6, 6.07) is 0. The summed E-state index contributed by atoms with van der Waals surface area (Å²) in [4.78, 5) is 4.45. The molecular weight excluding hydrogens is 211 g/mol. The Morgan fingerprint density at radius 2 is 2.20 bits per heavy atom. The van der Waals surface area contributed by atoms with E-state index in [2.05, 4.69) is 9.94 Å². The zero-order valence-electron chi connectivity index (χ0n) is 7.77. The lowest BCUT2D eigenvalue weighted by atomic mass is 9.97. The van der Waals surface area contributed by atoms with Crippen LogP contribution in [0, 0.1) is 0 Å². The van der Waals surface area contributed by atoms with Gasteiger partial charge in [0.1, 0.15) is 5.69 Å². The van der Waals surface area contributed by atoms with Crippen molar-refractivity contribution in [1.29, 1.82) is 0 Å². The monoisotopic (exact) mass is 221 g/mol. The normalized spacial score (nSPS) is 19.2. The van der Waals surface area contributed by atoms with E-state index in [1.54, 1.807) is 0 Å². The van der Waals surface area contributed by atoms with E-state index in [1.807, 2.05) is 5.10 Å².